The van der Waals surface area contributed by atoms with Gasteiger partial charge in [-0.25, -0.2) is 17.9 Å². The van der Waals surface area contributed by atoms with Gasteiger partial charge in [0.15, 0.2) is 0 Å². The Morgan fingerprint density at radius 3 is 2.65 bits per heavy atom. The van der Waals surface area contributed by atoms with Crippen LogP contribution in [0.25, 0.3) is 0 Å². The van der Waals surface area contributed by atoms with Crippen molar-refractivity contribution < 1.29 is 18.3 Å². The summed E-state index contributed by atoms with van der Waals surface area (Å²) in [5.74, 6) is -1.25. The molecule has 1 aliphatic rings. The van der Waals surface area contributed by atoms with Crippen LogP contribution in [-0.4, -0.2) is 37.0 Å². The molecule has 110 valence electrons. The standard InChI is InChI=1S/C12H14ClNO4S2/c1-19-12(4-5-12)7-14-20(17,18)8-2-3-10(13)9(6-8)11(15)16/h2-3,6,14H,4-5,7H2,1H3,(H,15,16). The Labute approximate surface area is 126 Å². The SMILES string of the molecule is CSC1(CNS(=O)(=O)c2ccc(Cl)c(C(=O)O)c2)CC1. The molecule has 2 N–H and O–H groups in total. The first-order valence-electron chi connectivity index (χ1n) is 5.87. The van der Waals surface area contributed by atoms with Gasteiger partial charge in [0.25, 0.3) is 0 Å². The normalized spacial score (nSPS) is 16.9. The average molecular weight is 336 g/mol. The third kappa shape index (κ3) is 3.28. The highest BCUT2D eigenvalue weighted by atomic mass is 35.5. The van der Waals surface area contributed by atoms with Crippen LogP contribution in [0.15, 0.2) is 23.1 Å². The van der Waals surface area contributed by atoms with Crippen LogP contribution >= 0.6 is 23.4 Å². The van der Waals surface area contributed by atoms with Crippen molar-refractivity contribution in [2.75, 3.05) is 12.8 Å². The van der Waals surface area contributed by atoms with Gasteiger partial charge < -0.3 is 5.11 Å². The molecular weight excluding hydrogens is 322 g/mol. The van der Waals surface area contributed by atoms with Crippen molar-refractivity contribution in [2.24, 2.45) is 0 Å². The summed E-state index contributed by atoms with van der Waals surface area (Å²) in [7, 11) is -3.72. The molecule has 8 heteroatoms. The summed E-state index contributed by atoms with van der Waals surface area (Å²) in [6.45, 7) is 0.349. The number of aromatic carboxylic acids is 1. The van der Waals surface area contributed by atoms with E-state index in [0.717, 1.165) is 18.9 Å². The molecule has 0 amide bonds. The molecule has 5 nitrogen and oxygen atoms in total. The summed E-state index contributed by atoms with van der Waals surface area (Å²) in [5.41, 5.74) is -0.222. The van der Waals surface area contributed by atoms with Crippen molar-refractivity contribution in [2.45, 2.75) is 22.5 Å². The van der Waals surface area contributed by atoms with Crippen LogP contribution in [0.3, 0.4) is 0 Å². The van der Waals surface area contributed by atoms with Gasteiger partial charge in [0.05, 0.1) is 15.5 Å². The Hall–Kier alpha value is -0.760. The van der Waals surface area contributed by atoms with Crippen LogP contribution in [0.4, 0.5) is 0 Å². The highest BCUT2D eigenvalue weighted by Crippen LogP contribution is 2.46. The van der Waals surface area contributed by atoms with Gasteiger partial charge >= 0.3 is 5.97 Å². The lowest BCUT2D eigenvalue weighted by Crippen LogP contribution is -2.31. The van der Waals surface area contributed by atoms with Crippen molar-refractivity contribution in [3.63, 3.8) is 0 Å². The molecular formula is C12H14ClNO4S2. The molecule has 1 aromatic carbocycles. The average Bonchev–Trinajstić information content (AvgIpc) is 3.17. The lowest BCUT2D eigenvalue weighted by atomic mass is 10.2. The number of hydrogen-bond acceptors (Lipinski definition) is 4. The Morgan fingerprint density at radius 2 is 2.15 bits per heavy atom. The lowest BCUT2D eigenvalue weighted by Gasteiger charge is -2.13. The molecule has 1 aliphatic carbocycles. The van der Waals surface area contributed by atoms with E-state index in [-0.39, 0.29) is 20.2 Å². The minimum absolute atomic E-state index is 0.00484. The van der Waals surface area contributed by atoms with Crippen LogP contribution in [0.5, 0.6) is 0 Å². The predicted octanol–water partition coefficient (Wildman–Crippen LogP) is 2.21. The number of carboxylic acids is 1. The zero-order chi connectivity index (χ0) is 15.0. The Balaban J connectivity index is 2.21. The second-order valence-electron chi connectivity index (χ2n) is 4.66. The summed E-state index contributed by atoms with van der Waals surface area (Å²) >= 11 is 7.37. The molecule has 0 radical (unpaired) electrons. The van der Waals surface area contributed by atoms with E-state index in [1.165, 1.54) is 12.1 Å². The zero-order valence-electron chi connectivity index (χ0n) is 10.7. The van der Waals surface area contributed by atoms with E-state index in [1.54, 1.807) is 11.8 Å². The largest absolute Gasteiger partial charge is 0.478 e. The second-order valence-corrected chi connectivity index (χ2v) is 8.11. The molecule has 0 saturated heterocycles. The van der Waals surface area contributed by atoms with Crippen molar-refractivity contribution in [3.05, 3.63) is 28.8 Å². The number of nitrogens with one attached hydrogen (secondary N) is 1. The quantitative estimate of drug-likeness (QED) is 0.832. The summed E-state index contributed by atoms with van der Waals surface area (Å²) in [5, 5.41) is 8.97. The van der Waals surface area contributed by atoms with Crippen LogP contribution in [-0.2, 0) is 10.0 Å². The number of thioether (sulfide) groups is 1. The molecule has 0 aromatic heterocycles. The maximum absolute atomic E-state index is 12.2. The first-order chi connectivity index (χ1) is 9.30. The smallest absolute Gasteiger partial charge is 0.337 e. The Kier molecular flexibility index (Phi) is 4.34. The highest BCUT2D eigenvalue weighted by Gasteiger charge is 2.42. The van der Waals surface area contributed by atoms with Gasteiger partial charge in [0.2, 0.25) is 10.0 Å². The van der Waals surface area contributed by atoms with Crippen molar-refractivity contribution >= 4 is 39.4 Å². The monoisotopic (exact) mass is 335 g/mol. The van der Waals surface area contributed by atoms with Gasteiger partial charge in [0.1, 0.15) is 0 Å². The van der Waals surface area contributed by atoms with Gasteiger partial charge in [0, 0.05) is 11.3 Å². The lowest BCUT2D eigenvalue weighted by molar-refractivity contribution is 0.0697. The number of benzene rings is 1. The second kappa shape index (κ2) is 5.55. The van der Waals surface area contributed by atoms with E-state index in [9.17, 15) is 13.2 Å². The topological polar surface area (TPSA) is 83.5 Å². The first kappa shape index (κ1) is 15.6. The van der Waals surface area contributed by atoms with Crippen molar-refractivity contribution in [1.82, 2.24) is 4.72 Å². The minimum atomic E-state index is -3.72. The van der Waals surface area contributed by atoms with E-state index in [1.807, 2.05) is 6.26 Å². The summed E-state index contributed by atoms with van der Waals surface area (Å²) in [4.78, 5) is 10.9. The third-order valence-corrected chi connectivity index (χ3v) is 6.45. The number of rotatable bonds is 6. The molecule has 2 rings (SSSR count). The molecule has 0 spiro atoms. The number of halogens is 1. The maximum atomic E-state index is 12.2. The van der Waals surface area contributed by atoms with Crippen LogP contribution in [0.1, 0.15) is 23.2 Å². The molecule has 1 fully saturated rings. The molecule has 0 atom stereocenters. The highest BCUT2D eigenvalue weighted by molar-refractivity contribution is 8.00. The fourth-order valence-electron chi connectivity index (χ4n) is 1.74. The molecule has 20 heavy (non-hydrogen) atoms. The zero-order valence-corrected chi connectivity index (χ0v) is 13.1. The molecule has 0 heterocycles. The van der Waals surface area contributed by atoms with Crippen molar-refractivity contribution in [1.29, 1.82) is 0 Å². The number of carboxylic acid groups (broad SMARTS) is 1. The molecule has 1 aromatic rings. The van der Waals surface area contributed by atoms with E-state index in [4.69, 9.17) is 16.7 Å². The fraction of sp³-hybridized carbons (Fsp3) is 0.417. The van der Waals surface area contributed by atoms with Gasteiger partial charge in [-0.15, -0.1) is 0 Å². The van der Waals surface area contributed by atoms with Gasteiger partial charge in [-0.2, -0.15) is 11.8 Å². The van der Waals surface area contributed by atoms with E-state index in [0.29, 0.717) is 6.54 Å². The summed E-state index contributed by atoms with van der Waals surface area (Å²) in [6.07, 6.45) is 3.92. The Bertz CT molecular complexity index is 641. The van der Waals surface area contributed by atoms with E-state index < -0.39 is 16.0 Å². The predicted molar refractivity (Wildman–Crippen MR) is 79.1 cm³/mol. The van der Waals surface area contributed by atoms with Crippen LogP contribution < -0.4 is 4.72 Å². The molecule has 0 unspecified atom stereocenters. The maximum Gasteiger partial charge on any atom is 0.337 e. The Morgan fingerprint density at radius 1 is 1.50 bits per heavy atom. The van der Waals surface area contributed by atoms with Gasteiger partial charge in [-0.1, -0.05) is 11.6 Å². The number of carbonyl (C=O) groups is 1. The van der Waals surface area contributed by atoms with Gasteiger partial charge in [-0.3, -0.25) is 0 Å². The summed E-state index contributed by atoms with van der Waals surface area (Å²) in [6, 6.07) is 3.66. The minimum Gasteiger partial charge on any atom is -0.478 e. The number of sulfonamides is 1. The third-order valence-electron chi connectivity index (χ3n) is 3.30. The van der Waals surface area contributed by atoms with Gasteiger partial charge in [-0.05, 0) is 37.3 Å². The number of hydrogen-bond donors (Lipinski definition) is 2. The fourth-order valence-corrected chi connectivity index (χ4v) is 3.91. The van der Waals surface area contributed by atoms with Crippen molar-refractivity contribution in [3.8, 4) is 0 Å². The van der Waals surface area contributed by atoms with E-state index in [2.05, 4.69) is 4.72 Å². The molecule has 0 bridgehead atoms. The van der Waals surface area contributed by atoms with Crippen LogP contribution in [0.2, 0.25) is 5.02 Å². The summed E-state index contributed by atoms with van der Waals surface area (Å²) < 4.78 is 26.8. The molecule has 0 aliphatic heterocycles. The first-order valence-corrected chi connectivity index (χ1v) is 8.96. The molecule has 1 saturated carbocycles. The van der Waals surface area contributed by atoms with Crippen LogP contribution in [0, 0.1) is 0 Å². The van der Waals surface area contributed by atoms with E-state index >= 15 is 0 Å².